The molecular formula is C23H36BN5O4. The van der Waals surface area contributed by atoms with E-state index >= 15 is 0 Å². The Morgan fingerprint density at radius 1 is 1.18 bits per heavy atom. The number of rotatable bonds is 4. The Labute approximate surface area is 196 Å². The van der Waals surface area contributed by atoms with Crippen molar-refractivity contribution in [2.24, 2.45) is 0 Å². The van der Waals surface area contributed by atoms with Crippen LogP contribution in [0.5, 0.6) is 0 Å². The van der Waals surface area contributed by atoms with Crippen LogP contribution in [0.3, 0.4) is 0 Å². The van der Waals surface area contributed by atoms with Crippen LogP contribution in [0.2, 0.25) is 0 Å². The van der Waals surface area contributed by atoms with E-state index in [4.69, 9.17) is 14.4 Å². The SMILES string of the molecule is CC(C)(C)N(C(=O)O)[C@H]1CCCC[C@H]1Nc1ncc2ccc(B3OC(C)(C)C(C)(C)O3)n2n1. The second-order valence-electron chi connectivity index (χ2n) is 11.2. The number of carbonyl (C=O) groups is 1. The van der Waals surface area contributed by atoms with Crippen molar-refractivity contribution in [3.63, 3.8) is 0 Å². The Bertz CT molecular complexity index is 1020. The van der Waals surface area contributed by atoms with Crippen molar-refractivity contribution in [3.05, 3.63) is 18.3 Å². The fourth-order valence-corrected chi connectivity index (χ4v) is 4.81. The molecule has 2 aromatic heterocycles. The van der Waals surface area contributed by atoms with Crippen molar-refractivity contribution in [2.75, 3.05) is 5.32 Å². The molecule has 1 aliphatic heterocycles. The lowest BCUT2D eigenvalue weighted by atomic mass is 9.85. The van der Waals surface area contributed by atoms with E-state index in [1.165, 1.54) is 0 Å². The van der Waals surface area contributed by atoms with Gasteiger partial charge in [-0.15, -0.1) is 5.10 Å². The van der Waals surface area contributed by atoms with Crippen LogP contribution in [0.4, 0.5) is 10.7 Å². The largest absolute Gasteiger partial charge is 0.514 e. The first-order valence-corrected chi connectivity index (χ1v) is 11.8. The first kappa shape index (κ1) is 23.8. The van der Waals surface area contributed by atoms with Gasteiger partial charge in [0, 0.05) is 11.6 Å². The van der Waals surface area contributed by atoms with Gasteiger partial charge in [0.05, 0.1) is 34.6 Å². The Morgan fingerprint density at radius 2 is 1.82 bits per heavy atom. The average molecular weight is 457 g/mol. The normalized spacial score (nSPS) is 24.8. The zero-order valence-corrected chi connectivity index (χ0v) is 20.8. The topological polar surface area (TPSA) is 101 Å². The highest BCUT2D eigenvalue weighted by Gasteiger charge is 2.52. The average Bonchev–Trinajstić information content (AvgIpc) is 3.19. The number of amides is 1. The maximum Gasteiger partial charge on any atom is 0.514 e. The highest BCUT2D eigenvalue weighted by molar-refractivity contribution is 6.61. The maximum absolute atomic E-state index is 12.1. The van der Waals surface area contributed by atoms with Crippen LogP contribution < -0.4 is 10.9 Å². The third kappa shape index (κ3) is 4.42. The third-order valence-corrected chi connectivity index (χ3v) is 7.23. The van der Waals surface area contributed by atoms with Crippen LogP contribution in [-0.2, 0) is 9.31 Å². The van der Waals surface area contributed by atoms with Crippen LogP contribution >= 0.6 is 0 Å². The van der Waals surface area contributed by atoms with E-state index in [9.17, 15) is 9.90 Å². The fraction of sp³-hybridized carbons (Fsp3) is 0.696. The summed E-state index contributed by atoms with van der Waals surface area (Å²) in [6.07, 6.45) is 4.59. The van der Waals surface area contributed by atoms with Gasteiger partial charge in [-0.25, -0.2) is 14.3 Å². The van der Waals surface area contributed by atoms with Gasteiger partial charge in [-0.2, -0.15) is 0 Å². The van der Waals surface area contributed by atoms with Crippen molar-refractivity contribution >= 4 is 30.3 Å². The summed E-state index contributed by atoms with van der Waals surface area (Å²) in [6.45, 7) is 13.9. The van der Waals surface area contributed by atoms with Crippen molar-refractivity contribution in [2.45, 2.75) is 103 Å². The van der Waals surface area contributed by atoms with Gasteiger partial charge in [-0.05, 0) is 73.4 Å². The van der Waals surface area contributed by atoms with Crippen LogP contribution in [0, 0.1) is 0 Å². The molecule has 4 rings (SSSR count). The summed E-state index contributed by atoms with van der Waals surface area (Å²) in [6, 6.07) is 3.68. The predicted molar refractivity (Wildman–Crippen MR) is 128 cm³/mol. The molecule has 1 amide bonds. The molecule has 0 aromatic carbocycles. The van der Waals surface area contributed by atoms with Gasteiger partial charge in [0.15, 0.2) is 0 Å². The molecule has 0 unspecified atom stereocenters. The minimum atomic E-state index is -0.897. The molecule has 180 valence electrons. The van der Waals surface area contributed by atoms with E-state index < -0.39 is 30.0 Å². The molecule has 9 nitrogen and oxygen atoms in total. The number of anilines is 1. The molecule has 2 fully saturated rings. The van der Waals surface area contributed by atoms with E-state index in [1.807, 2.05) is 60.6 Å². The first-order chi connectivity index (χ1) is 15.3. The Balaban J connectivity index is 1.61. The Hall–Kier alpha value is -2.33. The van der Waals surface area contributed by atoms with Crippen LogP contribution in [0.1, 0.15) is 74.1 Å². The van der Waals surface area contributed by atoms with Crippen LogP contribution in [0.15, 0.2) is 18.3 Å². The van der Waals surface area contributed by atoms with Gasteiger partial charge in [0.2, 0.25) is 5.95 Å². The molecule has 1 saturated heterocycles. The van der Waals surface area contributed by atoms with Gasteiger partial charge >= 0.3 is 13.2 Å². The lowest BCUT2D eigenvalue weighted by Crippen LogP contribution is -2.58. The quantitative estimate of drug-likeness (QED) is 0.678. The molecule has 1 saturated carbocycles. The zero-order valence-electron chi connectivity index (χ0n) is 20.8. The van der Waals surface area contributed by atoms with Gasteiger partial charge < -0.3 is 19.7 Å². The monoisotopic (exact) mass is 457 g/mol. The predicted octanol–water partition coefficient (Wildman–Crippen LogP) is 3.53. The van der Waals surface area contributed by atoms with Gasteiger partial charge in [-0.3, -0.25) is 4.90 Å². The standard InChI is InChI=1S/C23H36BN5O4/c1-21(2,3)28(20(30)31)17-11-9-8-10-16(17)26-19-25-14-15-12-13-18(29(15)27-19)24-32-22(4,5)23(6,7)33-24/h12-14,16-17H,8-11H2,1-7H3,(H,26,27)(H,30,31)/t16-,17+/m1/s1. The van der Waals surface area contributed by atoms with Crippen molar-refractivity contribution in [1.82, 2.24) is 19.5 Å². The summed E-state index contributed by atoms with van der Waals surface area (Å²) >= 11 is 0. The summed E-state index contributed by atoms with van der Waals surface area (Å²) < 4.78 is 14.2. The first-order valence-electron chi connectivity index (χ1n) is 11.8. The van der Waals surface area contributed by atoms with Gasteiger partial charge in [-0.1, -0.05) is 12.8 Å². The maximum atomic E-state index is 12.1. The molecule has 2 atom stereocenters. The molecular weight excluding hydrogens is 421 g/mol. The lowest BCUT2D eigenvalue weighted by molar-refractivity contribution is 0.00578. The highest BCUT2D eigenvalue weighted by Crippen LogP contribution is 2.36. The second kappa shape index (κ2) is 8.16. The molecule has 2 aliphatic rings. The van der Waals surface area contributed by atoms with E-state index in [2.05, 4.69) is 10.3 Å². The van der Waals surface area contributed by atoms with Gasteiger partial charge in [0.1, 0.15) is 0 Å². The van der Waals surface area contributed by atoms with E-state index in [0.717, 1.165) is 36.8 Å². The third-order valence-electron chi connectivity index (χ3n) is 7.23. The highest BCUT2D eigenvalue weighted by atomic mass is 16.7. The number of carboxylic acid groups (broad SMARTS) is 1. The molecule has 1 aliphatic carbocycles. The van der Waals surface area contributed by atoms with Crippen molar-refractivity contribution < 1.29 is 19.2 Å². The smallest absolute Gasteiger partial charge is 0.465 e. The number of aromatic nitrogens is 3. The van der Waals surface area contributed by atoms with E-state index in [0.29, 0.717) is 5.95 Å². The summed E-state index contributed by atoms with van der Waals surface area (Å²) in [7, 11) is -0.536. The number of hydrogen-bond donors (Lipinski definition) is 2. The molecule has 2 N–H and O–H groups in total. The summed E-state index contributed by atoms with van der Waals surface area (Å²) in [5, 5.41) is 18.1. The van der Waals surface area contributed by atoms with Crippen LogP contribution in [-0.4, -0.2) is 66.6 Å². The molecule has 3 heterocycles. The number of hydrogen-bond acceptors (Lipinski definition) is 6. The van der Waals surface area contributed by atoms with Crippen molar-refractivity contribution in [3.8, 4) is 0 Å². The Morgan fingerprint density at radius 3 is 2.42 bits per heavy atom. The summed E-state index contributed by atoms with van der Waals surface area (Å²) in [5.74, 6) is 0.465. The number of nitrogens with one attached hydrogen (secondary N) is 1. The zero-order chi connectivity index (χ0) is 24.2. The van der Waals surface area contributed by atoms with Crippen LogP contribution in [0.25, 0.3) is 5.52 Å². The molecule has 33 heavy (non-hydrogen) atoms. The Kier molecular flexibility index (Phi) is 5.89. The molecule has 10 heteroatoms. The van der Waals surface area contributed by atoms with Gasteiger partial charge in [0.25, 0.3) is 0 Å². The lowest BCUT2D eigenvalue weighted by Gasteiger charge is -2.45. The minimum absolute atomic E-state index is 0.0672. The fourth-order valence-electron chi connectivity index (χ4n) is 4.81. The second-order valence-corrected chi connectivity index (χ2v) is 11.2. The van der Waals surface area contributed by atoms with Crippen molar-refractivity contribution in [1.29, 1.82) is 0 Å². The number of fused-ring (bicyclic) bond motifs is 1. The van der Waals surface area contributed by atoms with E-state index in [-0.39, 0.29) is 12.1 Å². The molecule has 2 aromatic rings. The molecule has 0 bridgehead atoms. The number of nitrogens with zero attached hydrogens (tertiary/aromatic N) is 4. The van der Waals surface area contributed by atoms with E-state index in [1.54, 1.807) is 15.6 Å². The molecule has 0 radical (unpaired) electrons. The summed E-state index contributed by atoms with van der Waals surface area (Å²) in [5.41, 5.74) is 0.253. The minimum Gasteiger partial charge on any atom is -0.465 e. The summed E-state index contributed by atoms with van der Waals surface area (Å²) in [4.78, 5) is 18.2. The molecule has 0 spiro atoms.